The number of carboxylic acids is 1. The van der Waals surface area contributed by atoms with E-state index in [1.807, 2.05) is 0 Å². The molecule has 3 heterocycles. The number of rotatable bonds is 22. The molecule has 1 aliphatic heterocycles. The number of aliphatic hydroxyl groups excluding tert-OH is 3. The third-order valence-corrected chi connectivity index (χ3v) is 11.9. The molecule has 9 atom stereocenters. The number of ether oxygens (including phenoxy) is 1. The number of fused-ring (bicyclic) bond motifs is 1. The van der Waals surface area contributed by atoms with Gasteiger partial charge in [-0.3, -0.25) is 28.1 Å². The molecule has 7 N–H and O–H groups in total. The van der Waals surface area contributed by atoms with Crippen molar-refractivity contribution in [2.75, 3.05) is 37.8 Å². The van der Waals surface area contributed by atoms with Crippen molar-refractivity contribution in [3.05, 3.63) is 12.7 Å². The molecule has 322 valence electrons. The number of carbonyl (C=O) groups is 4. The zero-order valence-corrected chi connectivity index (χ0v) is 33.3. The number of thioether (sulfide) groups is 1. The molecule has 1 saturated heterocycles. The van der Waals surface area contributed by atoms with Crippen LogP contribution in [0.25, 0.3) is 11.2 Å². The number of anilines is 1. The predicted molar refractivity (Wildman–Crippen MR) is 178 cm³/mol. The molecular weight excluding hydrogens is 855 g/mol. The minimum absolute atomic E-state index is 0.0249. The number of carboxylic acid groups (broad SMARTS) is 1. The normalized spacial score (nSPS) is 22.6. The zero-order valence-electron chi connectivity index (χ0n) is 29.8. The fourth-order valence-corrected chi connectivity index (χ4v) is 8.26. The van der Waals surface area contributed by atoms with Crippen molar-refractivity contribution in [2.24, 2.45) is 11.3 Å². The number of hydrogen-bond donors (Lipinski definition) is 6. The van der Waals surface area contributed by atoms with E-state index >= 15 is 0 Å². The standard InChI is InChI=1S/C26H42N7O20P3S/c1-12(16(35)24(39)40)25(41)57-7-6-28-14(34)4-5-29-22(38)19(37)26(2,3)9-50-56(47,48)53-55(45,46)49-8-13-18(52-54(42,43)44)17(36)23(51-13)33-11-32-15-20(27)30-10-31-21(15)33/h10-13,16-19,23,35-37H,4-9H2,1-3H3,(H,28,34)(H,29,38)(H,39,40)(H,45,46)(H,47,48)(H2,27,30,31)(H2,42,43,44)/p-5/t12-,13+,16+,17+,18+,19-,23+/m0/s1. The van der Waals surface area contributed by atoms with Crippen LogP contribution in [0.5, 0.6) is 0 Å². The maximum Gasteiger partial charge on any atom is 0.274 e. The number of aromatic nitrogens is 4. The average molecular weight is 893 g/mol. The molecule has 0 bridgehead atoms. The number of amides is 2. The summed E-state index contributed by atoms with van der Waals surface area (Å²) in [6.07, 6.45) is -9.89. The Kier molecular flexibility index (Phi) is 16.8. The van der Waals surface area contributed by atoms with Gasteiger partial charge in [0.25, 0.3) is 15.6 Å². The molecule has 0 radical (unpaired) electrons. The fraction of sp³-hybridized carbons (Fsp3) is 0.654. The lowest BCUT2D eigenvalue weighted by molar-refractivity contribution is -0.347. The molecule has 1 fully saturated rings. The first kappa shape index (κ1) is 48.4. The molecule has 57 heavy (non-hydrogen) atoms. The lowest BCUT2D eigenvalue weighted by Gasteiger charge is -2.36. The van der Waals surface area contributed by atoms with E-state index in [4.69, 9.17) is 10.5 Å². The molecule has 0 aliphatic carbocycles. The Hall–Kier alpha value is -3.01. The van der Waals surface area contributed by atoms with Gasteiger partial charge in [0, 0.05) is 30.7 Å². The van der Waals surface area contributed by atoms with Crippen molar-refractivity contribution in [2.45, 2.75) is 63.9 Å². The van der Waals surface area contributed by atoms with E-state index in [1.165, 1.54) is 6.92 Å². The van der Waals surface area contributed by atoms with E-state index in [2.05, 4.69) is 43.5 Å². The lowest BCUT2D eigenvalue weighted by atomic mass is 9.87. The van der Waals surface area contributed by atoms with Crippen molar-refractivity contribution in [3.8, 4) is 0 Å². The van der Waals surface area contributed by atoms with Gasteiger partial charge >= 0.3 is 0 Å². The summed E-state index contributed by atoms with van der Waals surface area (Å²) in [6.45, 7) is 0.779. The fourth-order valence-electron chi connectivity index (χ4n) is 4.72. The summed E-state index contributed by atoms with van der Waals surface area (Å²) in [5.74, 6) is -4.82. The van der Waals surface area contributed by atoms with E-state index in [-0.39, 0.29) is 42.2 Å². The third kappa shape index (κ3) is 14.1. The topological polar surface area (TPSA) is 435 Å². The second kappa shape index (κ2) is 19.8. The minimum Gasteiger partial charge on any atom is -0.790 e. The monoisotopic (exact) mass is 892 g/mol. The van der Waals surface area contributed by atoms with Crippen molar-refractivity contribution >= 4 is 75.1 Å². The SMILES string of the molecule is C[C@H](C(=O)SCCNC(=O)CCNC(=O)[C@H](O)C(C)(C)COP(=O)([O-])OP(=O)([O-])OC[C@H]1O[C@@H](n2cnc3c(N)ncnc32)[C@H](O)[C@@H]1OP(=O)([O-])[O-])[C@@H](O)C(=O)[O-]. The van der Waals surface area contributed by atoms with Gasteiger partial charge in [0.2, 0.25) is 11.8 Å². The number of nitrogens with two attached hydrogens (primary N) is 1. The van der Waals surface area contributed by atoms with Crippen LogP contribution in [0.1, 0.15) is 33.4 Å². The summed E-state index contributed by atoms with van der Waals surface area (Å²) in [7, 11) is -17.7. The lowest BCUT2D eigenvalue weighted by Crippen LogP contribution is -2.46. The molecule has 2 amide bonds. The second-order valence-electron chi connectivity index (χ2n) is 12.7. The average Bonchev–Trinajstić information content (AvgIpc) is 3.67. The van der Waals surface area contributed by atoms with Gasteiger partial charge in [0.05, 0.1) is 39.3 Å². The number of nitrogens with one attached hydrogen (secondary N) is 2. The van der Waals surface area contributed by atoms with Crippen molar-refractivity contribution in [1.82, 2.24) is 30.2 Å². The van der Waals surface area contributed by atoms with Crippen molar-refractivity contribution in [3.63, 3.8) is 0 Å². The van der Waals surface area contributed by atoms with Crippen LogP contribution < -0.4 is 41.0 Å². The first-order valence-corrected chi connectivity index (χ1v) is 21.5. The van der Waals surface area contributed by atoms with Gasteiger partial charge < -0.3 is 84.0 Å². The number of imidazole rings is 1. The van der Waals surface area contributed by atoms with Crippen molar-refractivity contribution in [1.29, 1.82) is 0 Å². The molecule has 2 aromatic heterocycles. The number of nitrogens with zero attached hydrogens (tertiary/aromatic N) is 4. The Morgan fingerprint density at radius 1 is 1.05 bits per heavy atom. The quantitative estimate of drug-likeness (QED) is 0.0473. The number of aliphatic carboxylic acids is 1. The van der Waals surface area contributed by atoms with Crippen molar-refractivity contribution < 1.29 is 95.5 Å². The van der Waals surface area contributed by atoms with E-state index in [0.29, 0.717) is 11.8 Å². The highest BCUT2D eigenvalue weighted by Gasteiger charge is 2.47. The molecule has 31 heteroatoms. The maximum atomic E-state index is 12.5. The van der Waals surface area contributed by atoms with Crippen LogP contribution in [-0.2, 0) is 55.5 Å². The number of carbonyl (C=O) groups excluding carboxylic acids is 4. The molecule has 27 nitrogen and oxygen atoms in total. The molecular formula is C26H37N7O20P3S-5. The van der Waals surface area contributed by atoms with Crippen LogP contribution in [0.4, 0.5) is 5.82 Å². The van der Waals surface area contributed by atoms with Gasteiger partial charge in [-0.05, 0) is 0 Å². The van der Waals surface area contributed by atoms with Crippen LogP contribution in [0.3, 0.4) is 0 Å². The van der Waals surface area contributed by atoms with Gasteiger partial charge in [-0.25, -0.2) is 19.3 Å². The first-order valence-electron chi connectivity index (χ1n) is 16.1. The number of nitrogen functional groups attached to an aromatic ring is 1. The third-order valence-electron chi connectivity index (χ3n) is 7.81. The van der Waals surface area contributed by atoms with Gasteiger partial charge in [-0.1, -0.05) is 32.5 Å². The Morgan fingerprint density at radius 3 is 2.33 bits per heavy atom. The van der Waals surface area contributed by atoms with Gasteiger partial charge in [0.1, 0.15) is 42.4 Å². The number of phosphoric acid groups is 3. The zero-order chi connectivity index (χ0) is 43.1. The largest absolute Gasteiger partial charge is 0.790 e. The van der Waals surface area contributed by atoms with E-state index < -0.39 is 108 Å². The molecule has 0 saturated carbocycles. The molecule has 2 unspecified atom stereocenters. The highest BCUT2D eigenvalue weighted by atomic mass is 32.2. The van der Waals surface area contributed by atoms with Crippen LogP contribution in [-0.4, -0.2) is 120 Å². The summed E-state index contributed by atoms with van der Waals surface area (Å²) >= 11 is 0.661. The van der Waals surface area contributed by atoms with E-state index in [9.17, 15) is 72.9 Å². The van der Waals surface area contributed by atoms with Crippen LogP contribution >= 0.6 is 35.2 Å². The molecule has 3 rings (SSSR count). The van der Waals surface area contributed by atoms with Crippen LogP contribution in [0.2, 0.25) is 0 Å². The number of phosphoric ester groups is 3. The summed E-state index contributed by atoms with van der Waals surface area (Å²) in [5, 5.41) is 45.3. The molecule has 1 aliphatic rings. The summed E-state index contributed by atoms with van der Waals surface area (Å²) in [6, 6.07) is 0. The van der Waals surface area contributed by atoms with Crippen LogP contribution in [0, 0.1) is 11.3 Å². The molecule has 2 aromatic rings. The van der Waals surface area contributed by atoms with Gasteiger partial charge in [0.15, 0.2) is 22.8 Å². The van der Waals surface area contributed by atoms with Gasteiger partial charge in [-0.2, -0.15) is 0 Å². The van der Waals surface area contributed by atoms with E-state index in [0.717, 1.165) is 31.1 Å². The first-order chi connectivity index (χ1) is 26.2. The van der Waals surface area contributed by atoms with Crippen LogP contribution in [0.15, 0.2) is 12.7 Å². The smallest absolute Gasteiger partial charge is 0.274 e. The highest BCUT2D eigenvalue weighted by Crippen LogP contribution is 2.56. The molecule has 0 aromatic carbocycles. The minimum atomic E-state index is -5.95. The maximum absolute atomic E-state index is 12.5. The van der Waals surface area contributed by atoms with Gasteiger partial charge in [-0.15, -0.1) is 0 Å². The highest BCUT2D eigenvalue weighted by molar-refractivity contribution is 8.13. The summed E-state index contributed by atoms with van der Waals surface area (Å²) in [5.41, 5.74) is 3.96. The van der Waals surface area contributed by atoms with E-state index in [1.54, 1.807) is 0 Å². The Labute approximate surface area is 326 Å². The Morgan fingerprint density at radius 2 is 1.70 bits per heavy atom. The Balaban J connectivity index is 1.48. The molecule has 0 spiro atoms. The Bertz CT molecular complexity index is 1920. The predicted octanol–water partition coefficient (Wildman–Crippen LogP) is -6.12. The second-order valence-corrected chi connectivity index (χ2v) is 17.9. The summed E-state index contributed by atoms with van der Waals surface area (Å²) < 4.78 is 60.3. The number of hydrogen-bond acceptors (Lipinski definition) is 25. The number of aliphatic hydroxyl groups is 3. The summed E-state index contributed by atoms with van der Waals surface area (Å²) in [4.78, 5) is 106.